The van der Waals surface area contributed by atoms with Crippen molar-refractivity contribution in [3.63, 3.8) is 0 Å². The molecule has 0 amide bonds. The molecule has 1 aliphatic carbocycles. The lowest BCUT2D eigenvalue weighted by atomic mass is 9.76. The molecule has 1 aromatic heterocycles. The van der Waals surface area contributed by atoms with Gasteiger partial charge in [0.05, 0.1) is 12.2 Å². The summed E-state index contributed by atoms with van der Waals surface area (Å²) in [6.07, 6.45) is 12.1. The highest BCUT2D eigenvalue weighted by Crippen LogP contribution is 2.37. The lowest BCUT2D eigenvalue weighted by molar-refractivity contribution is 0.215. The van der Waals surface area contributed by atoms with Gasteiger partial charge in [0.2, 0.25) is 0 Å². The first-order valence-corrected chi connectivity index (χ1v) is 7.76. The minimum atomic E-state index is 0.267. The minimum absolute atomic E-state index is 0.267. The van der Waals surface area contributed by atoms with Crippen LogP contribution in [0.15, 0.2) is 12.4 Å². The SMILES string of the molecule is CCCC1CCC(C(NN)c2cnn(CC)c2)CC1. The highest BCUT2D eigenvalue weighted by atomic mass is 15.3. The second-order valence-electron chi connectivity index (χ2n) is 5.84. The van der Waals surface area contributed by atoms with E-state index in [9.17, 15) is 0 Å². The average Bonchev–Trinajstić information content (AvgIpc) is 2.91. The highest BCUT2D eigenvalue weighted by Gasteiger charge is 2.28. The number of hydrogen-bond acceptors (Lipinski definition) is 3. The lowest BCUT2D eigenvalue weighted by Crippen LogP contribution is -2.35. The van der Waals surface area contributed by atoms with Gasteiger partial charge in [0.25, 0.3) is 0 Å². The zero-order chi connectivity index (χ0) is 13.7. The zero-order valence-electron chi connectivity index (χ0n) is 12.3. The fraction of sp³-hybridized carbons (Fsp3) is 0.800. The Hall–Kier alpha value is -0.870. The zero-order valence-corrected chi connectivity index (χ0v) is 12.3. The molecule has 0 aromatic carbocycles. The second-order valence-corrected chi connectivity index (χ2v) is 5.84. The van der Waals surface area contributed by atoms with Crippen LogP contribution in [-0.2, 0) is 6.54 Å². The molecule has 2 rings (SSSR count). The van der Waals surface area contributed by atoms with Crippen molar-refractivity contribution in [3.05, 3.63) is 18.0 Å². The van der Waals surface area contributed by atoms with Crippen molar-refractivity contribution < 1.29 is 0 Å². The van der Waals surface area contributed by atoms with Gasteiger partial charge in [0, 0.05) is 18.3 Å². The van der Waals surface area contributed by atoms with Crippen LogP contribution < -0.4 is 11.3 Å². The number of aromatic nitrogens is 2. The fourth-order valence-corrected chi connectivity index (χ4v) is 3.44. The smallest absolute Gasteiger partial charge is 0.0538 e. The number of rotatable bonds is 6. The molecular formula is C15H28N4. The summed E-state index contributed by atoms with van der Waals surface area (Å²) >= 11 is 0. The summed E-state index contributed by atoms with van der Waals surface area (Å²) < 4.78 is 1.97. The first kappa shape index (κ1) is 14.5. The Morgan fingerprint density at radius 3 is 2.63 bits per heavy atom. The molecule has 1 atom stereocenters. The Morgan fingerprint density at radius 2 is 2.11 bits per heavy atom. The van der Waals surface area contributed by atoms with Crippen LogP contribution >= 0.6 is 0 Å². The third kappa shape index (κ3) is 3.57. The molecule has 1 saturated carbocycles. The molecule has 0 bridgehead atoms. The van der Waals surface area contributed by atoms with E-state index in [1.807, 2.05) is 10.9 Å². The molecule has 1 unspecified atom stereocenters. The molecule has 108 valence electrons. The molecular weight excluding hydrogens is 236 g/mol. The van der Waals surface area contributed by atoms with E-state index in [4.69, 9.17) is 5.84 Å². The molecule has 1 fully saturated rings. The predicted molar refractivity (Wildman–Crippen MR) is 78.3 cm³/mol. The summed E-state index contributed by atoms with van der Waals surface area (Å²) in [5.74, 6) is 7.40. The van der Waals surface area contributed by atoms with Gasteiger partial charge in [-0.1, -0.05) is 32.6 Å². The first-order valence-electron chi connectivity index (χ1n) is 7.76. The van der Waals surface area contributed by atoms with Crippen molar-refractivity contribution in [3.8, 4) is 0 Å². The highest BCUT2D eigenvalue weighted by molar-refractivity contribution is 5.12. The Morgan fingerprint density at radius 1 is 1.37 bits per heavy atom. The number of nitrogens with two attached hydrogens (primary N) is 1. The van der Waals surface area contributed by atoms with Crippen molar-refractivity contribution in [2.45, 2.75) is 65.0 Å². The topological polar surface area (TPSA) is 55.9 Å². The number of nitrogens with one attached hydrogen (secondary N) is 1. The molecule has 0 saturated heterocycles. The van der Waals surface area contributed by atoms with Gasteiger partial charge in [-0.05, 0) is 31.6 Å². The van der Waals surface area contributed by atoms with Crippen molar-refractivity contribution in [1.82, 2.24) is 15.2 Å². The summed E-state index contributed by atoms with van der Waals surface area (Å²) in [4.78, 5) is 0. The van der Waals surface area contributed by atoms with Crippen LogP contribution in [0.25, 0.3) is 0 Å². The molecule has 1 aromatic rings. The molecule has 4 heteroatoms. The number of aryl methyl sites for hydroxylation is 1. The Bertz CT molecular complexity index is 366. The van der Waals surface area contributed by atoms with Crippen LogP contribution in [0.3, 0.4) is 0 Å². The molecule has 0 aliphatic heterocycles. The first-order chi connectivity index (χ1) is 9.28. The molecule has 0 spiro atoms. The monoisotopic (exact) mass is 264 g/mol. The third-order valence-electron chi connectivity index (χ3n) is 4.58. The standard InChI is InChI=1S/C15H28N4/c1-3-5-12-6-8-13(9-7-12)15(18-16)14-10-17-19(4-2)11-14/h10-13,15,18H,3-9,16H2,1-2H3. The maximum Gasteiger partial charge on any atom is 0.0538 e. The Kier molecular flexibility index (Phi) is 5.40. The quantitative estimate of drug-likeness (QED) is 0.613. The van der Waals surface area contributed by atoms with Gasteiger partial charge < -0.3 is 0 Å². The third-order valence-corrected chi connectivity index (χ3v) is 4.58. The van der Waals surface area contributed by atoms with Gasteiger partial charge in [-0.15, -0.1) is 0 Å². The van der Waals surface area contributed by atoms with Crippen LogP contribution in [0.2, 0.25) is 0 Å². The molecule has 0 radical (unpaired) electrons. The van der Waals surface area contributed by atoms with Crippen molar-refractivity contribution in [1.29, 1.82) is 0 Å². The second kappa shape index (κ2) is 7.06. The van der Waals surface area contributed by atoms with Crippen LogP contribution in [-0.4, -0.2) is 9.78 Å². The van der Waals surface area contributed by atoms with Gasteiger partial charge in [-0.2, -0.15) is 5.10 Å². The summed E-state index contributed by atoms with van der Waals surface area (Å²) in [6, 6.07) is 0.267. The van der Waals surface area contributed by atoms with Gasteiger partial charge in [-0.3, -0.25) is 16.0 Å². The molecule has 19 heavy (non-hydrogen) atoms. The number of hydrogen-bond donors (Lipinski definition) is 2. The fourth-order valence-electron chi connectivity index (χ4n) is 3.44. The molecule has 1 aliphatic rings. The van der Waals surface area contributed by atoms with Gasteiger partial charge in [-0.25, -0.2) is 0 Å². The summed E-state index contributed by atoms with van der Waals surface area (Å²) in [5, 5.41) is 4.36. The minimum Gasteiger partial charge on any atom is -0.273 e. The van der Waals surface area contributed by atoms with Crippen molar-refractivity contribution >= 4 is 0 Å². The summed E-state index contributed by atoms with van der Waals surface area (Å²) in [5.41, 5.74) is 4.26. The lowest BCUT2D eigenvalue weighted by Gasteiger charge is -2.33. The largest absolute Gasteiger partial charge is 0.273 e. The van der Waals surface area contributed by atoms with E-state index in [0.29, 0.717) is 5.92 Å². The Labute approximate surface area is 116 Å². The Balaban J connectivity index is 1.95. The van der Waals surface area contributed by atoms with Crippen LogP contribution in [0, 0.1) is 11.8 Å². The maximum atomic E-state index is 5.79. The van der Waals surface area contributed by atoms with Crippen molar-refractivity contribution in [2.75, 3.05) is 0 Å². The predicted octanol–water partition coefficient (Wildman–Crippen LogP) is 3.01. The van der Waals surface area contributed by atoms with Crippen LogP contribution in [0.5, 0.6) is 0 Å². The average molecular weight is 264 g/mol. The van der Waals surface area contributed by atoms with E-state index in [1.165, 1.54) is 44.1 Å². The van der Waals surface area contributed by atoms with E-state index in [-0.39, 0.29) is 6.04 Å². The normalized spacial score (nSPS) is 25.4. The summed E-state index contributed by atoms with van der Waals surface area (Å²) in [6.45, 7) is 5.31. The summed E-state index contributed by atoms with van der Waals surface area (Å²) in [7, 11) is 0. The molecule has 4 nitrogen and oxygen atoms in total. The molecule has 3 N–H and O–H groups in total. The number of nitrogens with zero attached hydrogens (tertiary/aromatic N) is 2. The van der Waals surface area contributed by atoms with E-state index in [1.54, 1.807) is 0 Å². The van der Waals surface area contributed by atoms with Crippen LogP contribution in [0.1, 0.15) is 64.0 Å². The van der Waals surface area contributed by atoms with E-state index < -0.39 is 0 Å². The van der Waals surface area contributed by atoms with Gasteiger partial charge >= 0.3 is 0 Å². The molecule has 1 heterocycles. The van der Waals surface area contributed by atoms with Gasteiger partial charge in [0.1, 0.15) is 0 Å². The number of hydrazine groups is 1. The van der Waals surface area contributed by atoms with E-state index >= 15 is 0 Å². The maximum absolute atomic E-state index is 5.79. The van der Waals surface area contributed by atoms with E-state index in [2.05, 4.69) is 30.6 Å². The van der Waals surface area contributed by atoms with E-state index in [0.717, 1.165) is 12.5 Å². The van der Waals surface area contributed by atoms with Crippen molar-refractivity contribution in [2.24, 2.45) is 17.7 Å². The van der Waals surface area contributed by atoms with Crippen LogP contribution in [0.4, 0.5) is 0 Å². The van der Waals surface area contributed by atoms with Gasteiger partial charge in [0.15, 0.2) is 0 Å².